The van der Waals surface area contributed by atoms with Crippen molar-refractivity contribution in [3.63, 3.8) is 0 Å². The molecule has 168 valence electrons. The molecule has 0 aliphatic carbocycles. The SMILES string of the molecule is Cc1cc(N2CCCC2)nc(NCCNC(=O)c2ccc3noc(-c4ccccc4)c3c2)n1. The minimum Gasteiger partial charge on any atom is -0.356 e. The zero-order chi connectivity index (χ0) is 22.6. The minimum absolute atomic E-state index is 0.151. The van der Waals surface area contributed by atoms with Crippen LogP contribution in [-0.4, -0.2) is 47.2 Å². The van der Waals surface area contributed by atoms with Crippen molar-refractivity contribution in [2.24, 2.45) is 0 Å². The van der Waals surface area contributed by atoms with Crippen LogP contribution in [0.3, 0.4) is 0 Å². The Morgan fingerprint density at radius 1 is 1.03 bits per heavy atom. The summed E-state index contributed by atoms with van der Waals surface area (Å²) in [6.07, 6.45) is 2.40. The number of carbonyl (C=O) groups excluding carboxylic acids is 1. The Bertz CT molecular complexity index is 1260. The number of fused-ring (bicyclic) bond motifs is 1. The number of nitrogens with zero attached hydrogens (tertiary/aromatic N) is 4. The van der Waals surface area contributed by atoms with Crippen molar-refractivity contribution in [1.29, 1.82) is 0 Å². The first kappa shape index (κ1) is 20.9. The quantitative estimate of drug-likeness (QED) is 0.417. The average molecular weight is 443 g/mol. The molecule has 2 N–H and O–H groups in total. The van der Waals surface area contributed by atoms with Crippen LogP contribution in [0.2, 0.25) is 0 Å². The van der Waals surface area contributed by atoms with Gasteiger partial charge in [0.05, 0.1) is 5.39 Å². The summed E-state index contributed by atoms with van der Waals surface area (Å²) in [6, 6.07) is 17.2. The second-order valence-electron chi connectivity index (χ2n) is 8.18. The summed E-state index contributed by atoms with van der Waals surface area (Å²) < 4.78 is 5.53. The topological polar surface area (TPSA) is 96.2 Å². The number of hydrogen-bond donors (Lipinski definition) is 2. The highest BCUT2D eigenvalue weighted by molar-refractivity contribution is 6.00. The molecule has 0 radical (unpaired) electrons. The van der Waals surface area contributed by atoms with Crippen LogP contribution in [0.4, 0.5) is 11.8 Å². The van der Waals surface area contributed by atoms with Gasteiger partial charge in [-0.1, -0.05) is 35.5 Å². The molecule has 2 aromatic carbocycles. The second kappa shape index (κ2) is 9.28. The number of aryl methyl sites for hydroxylation is 1. The van der Waals surface area contributed by atoms with Gasteiger partial charge in [0.15, 0.2) is 5.76 Å². The Kier molecular flexibility index (Phi) is 5.89. The first-order chi connectivity index (χ1) is 16.2. The molecule has 1 aliphatic rings. The number of amides is 1. The molecule has 0 atom stereocenters. The molecule has 1 aliphatic heterocycles. The number of benzene rings is 2. The molecule has 5 rings (SSSR count). The maximum atomic E-state index is 12.7. The predicted octanol–water partition coefficient (Wildman–Crippen LogP) is 4.04. The van der Waals surface area contributed by atoms with Crippen molar-refractivity contribution in [3.8, 4) is 11.3 Å². The molecule has 0 bridgehead atoms. The van der Waals surface area contributed by atoms with Gasteiger partial charge in [-0.25, -0.2) is 4.98 Å². The number of hydrogen-bond acceptors (Lipinski definition) is 7. The van der Waals surface area contributed by atoms with Crippen LogP contribution in [0.5, 0.6) is 0 Å². The molecule has 2 aromatic heterocycles. The van der Waals surface area contributed by atoms with E-state index in [1.54, 1.807) is 12.1 Å². The van der Waals surface area contributed by atoms with Crippen molar-refractivity contribution in [1.82, 2.24) is 20.4 Å². The Balaban J connectivity index is 1.21. The maximum absolute atomic E-state index is 12.7. The van der Waals surface area contributed by atoms with Crippen molar-refractivity contribution in [3.05, 3.63) is 65.9 Å². The van der Waals surface area contributed by atoms with Gasteiger partial charge in [-0.05, 0) is 38.0 Å². The highest BCUT2D eigenvalue weighted by Crippen LogP contribution is 2.29. The lowest BCUT2D eigenvalue weighted by atomic mass is 10.1. The van der Waals surface area contributed by atoms with Gasteiger partial charge in [-0.2, -0.15) is 4.98 Å². The molecule has 1 amide bonds. The van der Waals surface area contributed by atoms with E-state index in [0.29, 0.717) is 30.4 Å². The summed E-state index contributed by atoms with van der Waals surface area (Å²) in [5.74, 6) is 2.06. The van der Waals surface area contributed by atoms with Crippen LogP contribution >= 0.6 is 0 Å². The molecule has 3 heterocycles. The van der Waals surface area contributed by atoms with Crippen LogP contribution in [0.15, 0.2) is 59.1 Å². The molecule has 0 spiro atoms. The van der Waals surface area contributed by atoms with Crippen molar-refractivity contribution < 1.29 is 9.32 Å². The van der Waals surface area contributed by atoms with Crippen LogP contribution in [-0.2, 0) is 0 Å². The molecule has 1 saturated heterocycles. The van der Waals surface area contributed by atoms with E-state index in [-0.39, 0.29) is 5.91 Å². The number of carbonyl (C=O) groups is 1. The number of aromatic nitrogens is 3. The van der Waals surface area contributed by atoms with Gasteiger partial charge < -0.3 is 20.1 Å². The fraction of sp³-hybridized carbons (Fsp3) is 0.280. The van der Waals surface area contributed by atoms with Crippen molar-refractivity contribution >= 4 is 28.6 Å². The number of anilines is 2. The fourth-order valence-electron chi connectivity index (χ4n) is 4.07. The van der Waals surface area contributed by atoms with E-state index < -0.39 is 0 Å². The van der Waals surface area contributed by atoms with Crippen LogP contribution in [0.25, 0.3) is 22.2 Å². The summed E-state index contributed by atoms with van der Waals surface area (Å²) in [5.41, 5.74) is 3.13. The van der Waals surface area contributed by atoms with Gasteiger partial charge in [0, 0.05) is 49.1 Å². The van der Waals surface area contributed by atoms with E-state index in [4.69, 9.17) is 4.52 Å². The third-order valence-corrected chi connectivity index (χ3v) is 5.74. The molecule has 0 unspecified atom stereocenters. The summed E-state index contributed by atoms with van der Waals surface area (Å²) in [5, 5.41) is 11.1. The van der Waals surface area contributed by atoms with Gasteiger partial charge >= 0.3 is 0 Å². The van der Waals surface area contributed by atoms with Crippen molar-refractivity contribution in [2.75, 3.05) is 36.4 Å². The van der Waals surface area contributed by atoms with Gasteiger partial charge in [0.1, 0.15) is 11.3 Å². The Hall–Kier alpha value is -3.94. The van der Waals surface area contributed by atoms with Gasteiger partial charge in [0.2, 0.25) is 5.95 Å². The lowest BCUT2D eigenvalue weighted by Gasteiger charge is -2.17. The van der Waals surface area contributed by atoms with E-state index in [0.717, 1.165) is 41.1 Å². The molecule has 8 nitrogen and oxygen atoms in total. The Labute approximate surface area is 192 Å². The third kappa shape index (κ3) is 4.64. The number of rotatable bonds is 7. The Morgan fingerprint density at radius 2 is 1.85 bits per heavy atom. The maximum Gasteiger partial charge on any atom is 0.251 e. The van der Waals surface area contributed by atoms with E-state index >= 15 is 0 Å². The normalized spacial score (nSPS) is 13.4. The second-order valence-corrected chi connectivity index (χ2v) is 8.18. The molecular weight excluding hydrogens is 416 g/mol. The minimum atomic E-state index is -0.151. The zero-order valence-electron chi connectivity index (χ0n) is 18.5. The zero-order valence-corrected chi connectivity index (χ0v) is 18.5. The molecule has 0 saturated carbocycles. The third-order valence-electron chi connectivity index (χ3n) is 5.74. The monoisotopic (exact) mass is 442 g/mol. The molecule has 8 heteroatoms. The Morgan fingerprint density at radius 3 is 2.67 bits per heavy atom. The van der Waals surface area contributed by atoms with E-state index in [9.17, 15) is 4.79 Å². The fourth-order valence-corrected chi connectivity index (χ4v) is 4.07. The molecule has 4 aromatic rings. The summed E-state index contributed by atoms with van der Waals surface area (Å²) >= 11 is 0. The van der Waals surface area contributed by atoms with Crippen molar-refractivity contribution in [2.45, 2.75) is 19.8 Å². The highest BCUT2D eigenvalue weighted by Gasteiger charge is 2.16. The first-order valence-corrected chi connectivity index (χ1v) is 11.2. The summed E-state index contributed by atoms with van der Waals surface area (Å²) in [4.78, 5) is 24.1. The molecule has 33 heavy (non-hydrogen) atoms. The first-order valence-electron chi connectivity index (χ1n) is 11.2. The van der Waals surface area contributed by atoms with Crippen LogP contribution in [0.1, 0.15) is 28.9 Å². The van der Waals surface area contributed by atoms with Crippen LogP contribution < -0.4 is 15.5 Å². The van der Waals surface area contributed by atoms with Gasteiger partial charge in [-0.3, -0.25) is 4.79 Å². The number of nitrogens with one attached hydrogen (secondary N) is 2. The lowest BCUT2D eigenvalue weighted by molar-refractivity contribution is 0.0955. The smallest absolute Gasteiger partial charge is 0.251 e. The lowest BCUT2D eigenvalue weighted by Crippen LogP contribution is -2.29. The molecular formula is C25H26N6O2. The highest BCUT2D eigenvalue weighted by atomic mass is 16.5. The van der Waals surface area contributed by atoms with E-state index in [1.165, 1.54) is 12.8 Å². The predicted molar refractivity (Wildman–Crippen MR) is 128 cm³/mol. The standard InChI is InChI=1S/C25H26N6O2/c1-17-15-22(31-13-5-6-14-31)29-25(28-17)27-12-11-26-24(32)19-9-10-21-20(16-19)23(33-30-21)18-7-3-2-4-8-18/h2-4,7-10,15-16H,5-6,11-14H2,1H3,(H,26,32)(H,27,28,29). The summed E-state index contributed by atoms with van der Waals surface area (Å²) in [6.45, 7) is 5.02. The average Bonchev–Trinajstić information content (AvgIpc) is 3.52. The van der Waals surface area contributed by atoms with E-state index in [1.807, 2.05) is 49.4 Å². The van der Waals surface area contributed by atoms with Crippen LogP contribution in [0, 0.1) is 6.92 Å². The van der Waals surface area contributed by atoms with Gasteiger partial charge in [0.25, 0.3) is 5.91 Å². The largest absolute Gasteiger partial charge is 0.356 e. The summed E-state index contributed by atoms with van der Waals surface area (Å²) in [7, 11) is 0. The van der Waals surface area contributed by atoms with E-state index in [2.05, 4.69) is 30.7 Å². The molecule has 1 fully saturated rings. The van der Waals surface area contributed by atoms with Gasteiger partial charge in [-0.15, -0.1) is 0 Å².